The molecule has 0 saturated heterocycles. The number of thiazole rings is 1. The van der Waals surface area contributed by atoms with Crippen molar-refractivity contribution in [1.29, 1.82) is 0 Å². The first kappa shape index (κ1) is 31.7. The minimum atomic E-state index is -1.03. The molecule has 0 fully saturated rings. The Morgan fingerprint density at radius 3 is 2.45 bits per heavy atom. The van der Waals surface area contributed by atoms with Gasteiger partial charge < -0.3 is 15.2 Å². The van der Waals surface area contributed by atoms with Gasteiger partial charge in [-0.1, -0.05) is 60.7 Å². The number of hydrogen-bond donors (Lipinski definition) is 2. The van der Waals surface area contributed by atoms with Crippen LogP contribution in [-0.2, 0) is 22.6 Å². The van der Waals surface area contributed by atoms with Crippen LogP contribution in [0.15, 0.2) is 84.5 Å². The van der Waals surface area contributed by atoms with Crippen LogP contribution in [0.25, 0.3) is 11.1 Å². The number of carbonyl (C=O) groups is 2. The van der Waals surface area contributed by atoms with Crippen molar-refractivity contribution in [3.63, 3.8) is 0 Å². The van der Waals surface area contributed by atoms with E-state index in [0.29, 0.717) is 24.3 Å². The van der Waals surface area contributed by atoms with Gasteiger partial charge in [-0.05, 0) is 65.3 Å². The number of aromatic nitrogens is 1. The van der Waals surface area contributed by atoms with Crippen molar-refractivity contribution >= 4 is 53.8 Å². The maximum atomic E-state index is 13.3. The van der Waals surface area contributed by atoms with Gasteiger partial charge >= 0.3 is 24.8 Å². The number of carboxylic acid groups (broad SMARTS) is 1. The van der Waals surface area contributed by atoms with E-state index in [4.69, 9.17) is 4.74 Å². The standard InChI is InChI=1S/C31H32N2O4S2.Li.H/c1-21-8-6-7-11-24(21)26-16-23(12-13-25(26)30(34)33-27(31(35)36)14-15-38-2)19-37-28(29-18-32-20-39-29)17-22-9-4-3-5-10-22;;/h3-13,16,18,20,27-28H,14-15,17,19H2,1-2H3,(H,33,34)(H,35,36);;. The number of nitrogens with zero attached hydrogens (tertiary/aromatic N) is 1. The van der Waals surface area contributed by atoms with Gasteiger partial charge in [0.1, 0.15) is 6.04 Å². The van der Waals surface area contributed by atoms with E-state index in [1.807, 2.05) is 79.5 Å². The molecule has 2 atom stereocenters. The van der Waals surface area contributed by atoms with Gasteiger partial charge in [0, 0.05) is 18.2 Å². The summed E-state index contributed by atoms with van der Waals surface area (Å²) in [5.41, 5.74) is 7.04. The van der Waals surface area contributed by atoms with Crippen LogP contribution in [-0.4, -0.2) is 58.9 Å². The van der Waals surface area contributed by atoms with Crippen LogP contribution in [0.1, 0.15) is 44.5 Å². The van der Waals surface area contributed by atoms with Crippen molar-refractivity contribution in [1.82, 2.24) is 10.3 Å². The van der Waals surface area contributed by atoms with E-state index >= 15 is 0 Å². The first-order valence-electron chi connectivity index (χ1n) is 12.7. The summed E-state index contributed by atoms with van der Waals surface area (Å²) >= 11 is 3.12. The average molecular weight is 569 g/mol. The van der Waals surface area contributed by atoms with Crippen molar-refractivity contribution < 1.29 is 19.4 Å². The second-order valence-electron chi connectivity index (χ2n) is 9.23. The summed E-state index contributed by atoms with van der Waals surface area (Å²) in [6, 6.07) is 22.7. The molecule has 3 aromatic carbocycles. The van der Waals surface area contributed by atoms with Crippen molar-refractivity contribution in [3.05, 3.63) is 112 Å². The normalized spacial score (nSPS) is 12.2. The summed E-state index contributed by atoms with van der Waals surface area (Å²) in [6.07, 6.45) is 4.68. The zero-order valence-electron chi connectivity index (χ0n) is 22.0. The Labute approximate surface area is 255 Å². The number of benzene rings is 3. The molecule has 0 aliphatic carbocycles. The maximum absolute atomic E-state index is 13.3. The molecule has 0 bridgehead atoms. The number of thioether (sulfide) groups is 1. The summed E-state index contributed by atoms with van der Waals surface area (Å²) in [5.74, 6) is -0.796. The van der Waals surface area contributed by atoms with E-state index in [1.165, 1.54) is 5.56 Å². The number of amides is 1. The second kappa shape index (κ2) is 15.8. The number of hydrogen-bond acceptors (Lipinski definition) is 6. The third-order valence-corrected chi connectivity index (χ3v) is 7.97. The molecule has 9 heteroatoms. The van der Waals surface area contributed by atoms with Crippen LogP contribution in [0.5, 0.6) is 0 Å². The molecule has 204 valence electrons. The predicted molar refractivity (Wildman–Crippen MR) is 165 cm³/mol. The van der Waals surface area contributed by atoms with Crippen molar-refractivity contribution in [2.24, 2.45) is 0 Å². The molecular weight excluding hydrogens is 535 g/mol. The van der Waals surface area contributed by atoms with E-state index in [9.17, 15) is 14.7 Å². The van der Waals surface area contributed by atoms with Crippen LogP contribution < -0.4 is 5.32 Å². The summed E-state index contributed by atoms with van der Waals surface area (Å²) in [5, 5.41) is 12.4. The first-order chi connectivity index (χ1) is 19.0. The SMILES string of the molecule is CSCCC(NC(=O)c1ccc(COC(Cc2ccccc2)c2cncs2)cc1-c1ccccc1C)C(=O)O.[LiH]. The van der Waals surface area contributed by atoms with Crippen LogP contribution in [0.3, 0.4) is 0 Å². The molecule has 1 heterocycles. The van der Waals surface area contributed by atoms with E-state index in [2.05, 4.69) is 22.4 Å². The second-order valence-corrected chi connectivity index (χ2v) is 11.1. The fourth-order valence-electron chi connectivity index (χ4n) is 4.36. The van der Waals surface area contributed by atoms with Crippen molar-refractivity contribution in [3.8, 4) is 11.1 Å². The van der Waals surface area contributed by atoms with Gasteiger partial charge in [0.15, 0.2) is 0 Å². The van der Waals surface area contributed by atoms with Gasteiger partial charge in [-0.2, -0.15) is 11.8 Å². The summed E-state index contributed by atoms with van der Waals surface area (Å²) in [7, 11) is 0. The summed E-state index contributed by atoms with van der Waals surface area (Å²) in [4.78, 5) is 30.4. The van der Waals surface area contributed by atoms with Gasteiger partial charge in [0.05, 0.1) is 23.1 Å². The van der Waals surface area contributed by atoms with E-state index in [1.54, 1.807) is 29.2 Å². The van der Waals surface area contributed by atoms with Gasteiger partial charge in [-0.3, -0.25) is 9.78 Å². The molecule has 1 aromatic heterocycles. The Morgan fingerprint density at radius 2 is 1.77 bits per heavy atom. The molecule has 0 saturated carbocycles. The van der Waals surface area contributed by atoms with Crippen LogP contribution in [0.4, 0.5) is 0 Å². The number of carboxylic acids is 1. The molecule has 1 amide bonds. The monoisotopic (exact) mass is 568 g/mol. The number of aliphatic carboxylic acids is 1. The third-order valence-electron chi connectivity index (χ3n) is 6.46. The molecule has 0 aliphatic heterocycles. The topological polar surface area (TPSA) is 88.5 Å². The number of nitrogens with one attached hydrogen (secondary N) is 1. The van der Waals surface area contributed by atoms with Crippen LogP contribution >= 0.6 is 23.1 Å². The number of rotatable bonds is 13. The molecule has 4 aromatic rings. The molecule has 2 N–H and O–H groups in total. The number of aryl methyl sites for hydroxylation is 1. The Morgan fingerprint density at radius 1 is 1.02 bits per heavy atom. The van der Waals surface area contributed by atoms with E-state index in [-0.39, 0.29) is 25.0 Å². The fraction of sp³-hybridized carbons (Fsp3) is 0.258. The van der Waals surface area contributed by atoms with E-state index in [0.717, 1.165) is 33.6 Å². The third kappa shape index (κ3) is 8.57. The number of carbonyl (C=O) groups excluding carboxylic acids is 1. The minimum absolute atomic E-state index is 0. The number of ether oxygens (including phenoxy) is 1. The van der Waals surface area contributed by atoms with Crippen molar-refractivity contribution in [2.75, 3.05) is 12.0 Å². The molecule has 40 heavy (non-hydrogen) atoms. The molecule has 6 nitrogen and oxygen atoms in total. The zero-order valence-corrected chi connectivity index (χ0v) is 23.6. The molecule has 4 rings (SSSR count). The summed E-state index contributed by atoms with van der Waals surface area (Å²) in [6.45, 7) is 2.35. The van der Waals surface area contributed by atoms with Crippen LogP contribution in [0, 0.1) is 6.92 Å². The molecule has 0 radical (unpaired) electrons. The Balaban J connectivity index is 0.00000441. The Hall–Kier alpha value is -2.86. The fourth-order valence-corrected chi connectivity index (χ4v) is 5.50. The predicted octanol–water partition coefficient (Wildman–Crippen LogP) is 5.91. The Bertz CT molecular complexity index is 1380. The van der Waals surface area contributed by atoms with Crippen LogP contribution in [0.2, 0.25) is 0 Å². The first-order valence-corrected chi connectivity index (χ1v) is 15.0. The van der Waals surface area contributed by atoms with Gasteiger partial charge in [-0.25, -0.2) is 4.79 Å². The Kier molecular flexibility index (Phi) is 12.5. The van der Waals surface area contributed by atoms with Crippen molar-refractivity contribution in [2.45, 2.75) is 38.5 Å². The van der Waals surface area contributed by atoms with E-state index < -0.39 is 17.9 Å². The summed E-state index contributed by atoms with van der Waals surface area (Å²) < 4.78 is 6.43. The van der Waals surface area contributed by atoms with Gasteiger partial charge in [-0.15, -0.1) is 11.3 Å². The quantitative estimate of drug-likeness (QED) is 0.195. The molecule has 0 aliphatic rings. The molecule has 0 spiro atoms. The van der Waals surface area contributed by atoms with Gasteiger partial charge in [0.25, 0.3) is 5.91 Å². The van der Waals surface area contributed by atoms with Gasteiger partial charge in [0.2, 0.25) is 0 Å². The molecule has 2 unspecified atom stereocenters. The zero-order chi connectivity index (χ0) is 27.6. The average Bonchev–Trinajstić information content (AvgIpc) is 3.49. The molecular formula is C31H33LiN2O4S2.